The fourth-order valence-corrected chi connectivity index (χ4v) is 5.74. The minimum absolute atomic E-state index is 0.207. The minimum atomic E-state index is -0.364. The van der Waals surface area contributed by atoms with Crippen molar-refractivity contribution in [3.63, 3.8) is 0 Å². The number of nitrogens with zero attached hydrogens (tertiary/aromatic N) is 3. The number of benzene rings is 2. The maximum absolute atomic E-state index is 14.4. The van der Waals surface area contributed by atoms with Gasteiger partial charge in [-0.15, -0.1) is 0 Å². The van der Waals surface area contributed by atoms with Gasteiger partial charge in [-0.1, -0.05) is 85.2 Å². The van der Waals surface area contributed by atoms with E-state index in [1.54, 1.807) is 11.1 Å². The molecule has 4 rings (SSSR count). The number of rotatable bonds is 14. The minimum Gasteiger partial charge on any atom is -0.492 e. The molecule has 0 aliphatic heterocycles. The predicted molar refractivity (Wildman–Crippen MR) is 187 cm³/mol. The number of hydrogen-bond donors (Lipinski definition) is 2. The van der Waals surface area contributed by atoms with Crippen LogP contribution in [0.5, 0.6) is 5.75 Å². The quantitative estimate of drug-likeness (QED) is 0.149. The lowest BCUT2D eigenvalue weighted by molar-refractivity contribution is 0.223. The molecule has 0 spiro atoms. The summed E-state index contributed by atoms with van der Waals surface area (Å²) < 4.78 is 6.17. The maximum Gasteiger partial charge on any atom is 0.326 e. The number of amides is 2. The lowest BCUT2D eigenvalue weighted by atomic mass is 9.92. The summed E-state index contributed by atoms with van der Waals surface area (Å²) in [6.45, 7) is 18.5. The van der Waals surface area contributed by atoms with E-state index in [4.69, 9.17) is 4.74 Å². The van der Waals surface area contributed by atoms with Crippen LogP contribution in [0, 0.1) is 0 Å². The van der Waals surface area contributed by atoms with Gasteiger partial charge in [0.05, 0.1) is 0 Å². The van der Waals surface area contributed by atoms with Crippen molar-refractivity contribution in [1.82, 2.24) is 14.9 Å². The Morgan fingerprint density at radius 2 is 1.62 bits per heavy atom. The van der Waals surface area contributed by atoms with Crippen molar-refractivity contribution in [2.24, 2.45) is 0 Å². The third-order valence-electron chi connectivity index (χ3n) is 8.31. The molecule has 0 atom stereocenters. The Bertz CT molecular complexity index is 1610. The molecular weight excluding hydrogens is 562 g/mol. The number of ether oxygens (including phenoxy) is 1. The van der Waals surface area contributed by atoms with E-state index >= 15 is 0 Å². The molecule has 240 valence electrons. The molecule has 45 heavy (non-hydrogen) atoms. The van der Waals surface area contributed by atoms with Crippen LogP contribution in [-0.4, -0.2) is 53.7 Å². The molecule has 0 saturated heterocycles. The van der Waals surface area contributed by atoms with Crippen molar-refractivity contribution < 1.29 is 9.53 Å². The van der Waals surface area contributed by atoms with Crippen molar-refractivity contribution in [3.8, 4) is 16.9 Å². The van der Waals surface area contributed by atoms with Crippen LogP contribution in [-0.2, 0) is 0 Å². The standard InChI is InChI=1S/C37H49N5O3/c1-8-11-21-42(37(44)39-33-29(25(4)5)17-13-18-30(33)26(6)7)34-32(31-19-14-20-38-35(31)40-36(34)43)27-15-12-16-28(24-27)45-23-22-41(9-2)10-3/h12-20,24-26H,8-11,21-23H2,1-7H3,(H,39,44)(H,38,40,43). The van der Waals surface area contributed by atoms with Crippen molar-refractivity contribution in [2.75, 3.05) is 43.0 Å². The van der Waals surface area contributed by atoms with Crippen molar-refractivity contribution in [1.29, 1.82) is 0 Å². The number of aromatic nitrogens is 2. The van der Waals surface area contributed by atoms with Gasteiger partial charge in [0.25, 0.3) is 5.56 Å². The summed E-state index contributed by atoms with van der Waals surface area (Å²) in [7, 11) is 0. The fraction of sp³-hybridized carbons (Fsp3) is 0.432. The summed E-state index contributed by atoms with van der Waals surface area (Å²) in [5.74, 6) is 1.12. The predicted octanol–water partition coefficient (Wildman–Crippen LogP) is 8.40. The third-order valence-corrected chi connectivity index (χ3v) is 8.31. The van der Waals surface area contributed by atoms with Gasteiger partial charge in [-0.3, -0.25) is 9.69 Å². The molecule has 4 aromatic rings. The Kier molecular flexibility index (Phi) is 11.8. The molecular formula is C37H49N5O3. The average molecular weight is 612 g/mol. The average Bonchev–Trinajstić information content (AvgIpc) is 3.03. The highest BCUT2D eigenvalue weighted by molar-refractivity contribution is 6.09. The molecule has 0 fully saturated rings. The monoisotopic (exact) mass is 611 g/mol. The van der Waals surface area contributed by atoms with Crippen LogP contribution in [0.1, 0.15) is 84.3 Å². The van der Waals surface area contributed by atoms with E-state index in [2.05, 4.69) is 80.8 Å². The maximum atomic E-state index is 14.4. The van der Waals surface area contributed by atoms with Crippen LogP contribution < -0.4 is 20.5 Å². The first-order valence-electron chi connectivity index (χ1n) is 16.4. The summed E-state index contributed by atoms with van der Waals surface area (Å²) in [5, 5.41) is 4.01. The molecule has 2 N–H and O–H groups in total. The zero-order valence-corrected chi connectivity index (χ0v) is 27.9. The Balaban J connectivity index is 1.85. The molecule has 0 radical (unpaired) electrons. The van der Waals surface area contributed by atoms with Gasteiger partial charge in [0.1, 0.15) is 23.7 Å². The molecule has 0 bridgehead atoms. The van der Waals surface area contributed by atoms with Crippen LogP contribution in [0.2, 0.25) is 0 Å². The lowest BCUT2D eigenvalue weighted by Crippen LogP contribution is -2.40. The number of hydrogen-bond acceptors (Lipinski definition) is 5. The number of unbranched alkanes of at least 4 members (excludes halogenated alkanes) is 1. The zero-order valence-electron chi connectivity index (χ0n) is 27.9. The first-order chi connectivity index (χ1) is 21.7. The Morgan fingerprint density at radius 1 is 0.933 bits per heavy atom. The Morgan fingerprint density at radius 3 is 2.27 bits per heavy atom. The molecule has 0 saturated carbocycles. The molecule has 2 aromatic carbocycles. The topological polar surface area (TPSA) is 90.6 Å². The van der Waals surface area contributed by atoms with Gasteiger partial charge in [0.2, 0.25) is 0 Å². The van der Waals surface area contributed by atoms with Gasteiger partial charge in [0.15, 0.2) is 0 Å². The second-order valence-electron chi connectivity index (χ2n) is 12.0. The number of carbonyl (C=O) groups is 1. The van der Waals surface area contributed by atoms with Crippen LogP contribution in [0.25, 0.3) is 22.2 Å². The second kappa shape index (κ2) is 15.7. The normalized spacial score (nSPS) is 11.5. The van der Waals surface area contributed by atoms with Crippen LogP contribution in [0.15, 0.2) is 65.6 Å². The largest absolute Gasteiger partial charge is 0.492 e. The number of urea groups is 1. The van der Waals surface area contributed by atoms with E-state index in [-0.39, 0.29) is 23.4 Å². The highest BCUT2D eigenvalue weighted by Gasteiger charge is 2.27. The number of para-hydroxylation sites is 1. The number of H-pyrrole nitrogens is 1. The number of fused-ring (bicyclic) bond motifs is 1. The number of nitrogens with one attached hydrogen (secondary N) is 2. The van der Waals surface area contributed by atoms with E-state index < -0.39 is 0 Å². The van der Waals surface area contributed by atoms with Crippen LogP contribution in [0.3, 0.4) is 0 Å². The fourth-order valence-electron chi connectivity index (χ4n) is 5.74. The first kappa shape index (κ1) is 33.7. The number of likely N-dealkylation sites (N-methyl/N-ethyl adjacent to an activating group) is 1. The van der Waals surface area contributed by atoms with Gasteiger partial charge in [-0.2, -0.15) is 0 Å². The van der Waals surface area contributed by atoms with Gasteiger partial charge in [-0.25, -0.2) is 9.78 Å². The van der Waals surface area contributed by atoms with E-state index in [1.807, 2.05) is 42.5 Å². The highest BCUT2D eigenvalue weighted by Crippen LogP contribution is 2.37. The Hall–Kier alpha value is -4.17. The van der Waals surface area contributed by atoms with Crippen LogP contribution >= 0.6 is 0 Å². The molecule has 2 heterocycles. The molecule has 2 amide bonds. The highest BCUT2D eigenvalue weighted by atomic mass is 16.5. The summed E-state index contributed by atoms with van der Waals surface area (Å²) >= 11 is 0. The summed E-state index contributed by atoms with van der Waals surface area (Å²) in [4.78, 5) is 39.7. The number of carbonyl (C=O) groups excluding carboxylic acids is 1. The zero-order chi connectivity index (χ0) is 32.5. The smallest absolute Gasteiger partial charge is 0.326 e. The van der Waals surface area contributed by atoms with E-state index in [1.165, 1.54) is 0 Å². The van der Waals surface area contributed by atoms with Crippen molar-refractivity contribution in [3.05, 3.63) is 82.3 Å². The molecule has 0 aliphatic rings. The Labute approximate surface area is 267 Å². The van der Waals surface area contributed by atoms with Crippen molar-refractivity contribution >= 4 is 28.4 Å². The molecule has 0 unspecified atom stereocenters. The van der Waals surface area contributed by atoms with Gasteiger partial charge < -0.3 is 19.9 Å². The summed E-state index contributed by atoms with van der Waals surface area (Å²) in [5.41, 5.74) is 4.80. The first-order valence-corrected chi connectivity index (χ1v) is 16.4. The van der Waals surface area contributed by atoms with Gasteiger partial charge in [-0.05, 0) is 72.3 Å². The molecule has 8 heteroatoms. The molecule has 2 aromatic heterocycles. The third kappa shape index (κ3) is 7.92. The lowest BCUT2D eigenvalue weighted by Gasteiger charge is -2.28. The summed E-state index contributed by atoms with van der Waals surface area (Å²) in [6, 6.07) is 17.4. The number of pyridine rings is 2. The number of anilines is 2. The van der Waals surface area contributed by atoms with Crippen LogP contribution in [0.4, 0.5) is 16.2 Å². The van der Waals surface area contributed by atoms with E-state index in [9.17, 15) is 9.59 Å². The number of aromatic amines is 1. The van der Waals surface area contributed by atoms with Crippen molar-refractivity contribution in [2.45, 2.75) is 73.1 Å². The summed E-state index contributed by atoms with van der Waals surface area (Å²) in [6.07, 6.45) is 3.25. The molecule has 0 aliphatic carbocycles. The molecule has 8 nitrogen and oxygen atoms in total. The van der Waals surface area contributed by atoms with E-state index in [0.29, 0.717) is 35.8 Å². The van der Waals surface area contributed by atoms with E-state index in [0.717, 1.165) is 60.2 Å². The van der Waals surface area contributed by atoms with Gasteiger partial charge in [0, 0.05) is 35.9 Å². The second-order valence-corrected chi connectivity index (χ2v) is 12.0. The SMILES string of the molecule is CCCCN(C(=O)Nc1c(C(C)C)cccc1C(C)C)c1c(-c2cccc(OCCN(CC)CC)c2)c2cccnc2[nH]c1=O. The van der Waals surface area contributed by atoms with Gasteiger partial charge >= 0.3 is 6.03 Å².